The standard InChI is InChI=1S/C48H27N3O/c1-3-13-28(14-4-1)49(29-15-5-2-6-16-29)38-24-23-33-42-39(51-35-20-10-7-17-30(35)44(38)47(33)51)27-34-43-37(50-36-21-11-8-18-31(36)46(42)48(34)50)25-26-41-45(43)32-19-9-12-22-40(32)52-41/h1-27H. The van der Waals surface area contributed by atoms with E-state index in [0.29, 0.717) is 0 Å². The Labute approximate surface area is 296 Å². The molecule has 0 radical (unpaired) electrons. The molecular weight excluding hydrogens is 635 g/mol. The first-order valence-electron chi connectivity index (χ1n) is 17.9. The van der Waals surface area contributed by atoms with Crippen molar-refractivity contribution in [1.29, 1.82) is 0 Å². The van der Waals surface area contributed by atoms with Gasteiger partial charge in [-0.1, -0.05) is 97.1 Å². The minimum Gasteiger partial charge on any atom is -0.456 e. The second-order valence-corrected chi connectivity index (χ2v) is 14.0. The first-order chi connectivity index (χ1) is 25.8. The first-order valence-corrected chi connectivity index (χ1v) is 17.9. The van der Waals surface area contributed by atoms with Crippen LogP contribution in [0.1, 0.15) is 0 Å². The van der Waals surface area contributed by atoms with Gasteiger partial charge in [-0.2, -0.15) is 0 Å². The van der Waals surface area contributed by atoms with E-state index in [1.807, 2.05) is 0 Å². The SMILES string of the molecule is c1ccc(N(c2ccccc2)c2ccc3c4c5c6ccccc6n6c7ccc8oc9ccccc9c8c7c(cc4n4c7ccccc7c2c34)c56)cc1. The van der Waals surface area contributed by atoms with Crippen LogP contribution in [0.5, 0.6) is 0 Å². The second-order valence-electron chi connectivity index (χ2n) is 14.0. The first kappa shape index (κ1) is 26.8. The Morgan fingerprint density at radius 3 is 1.65 bits per heavy atom. The molecule has 5 aromatic heterocycles. The Bertz CT molecular complexity index is 3530. The molecule has 4 nitrogen and oxygen atoms in total. The monoisotopic (exact) mass is 661 g/mol. The number of nitrogens with zero attached hydrogens (tertiary/aromatic N) is 3. The zero-order chi connectivity index (χ0) is 33.7. The summed E-state index contributed by atoms with van der Waals surface area (Å²) in [7, 11) is 0. The molecule has 0 atom stereocenters. The van der Waals surface area contributed by atoms with Gasteiger partial charge in [0.2, 0.25) is 0 Å². The number of rotatable bonds is 3. The molecule has 5 heterocycles. The van der Waals surface area contributed by atoms with Gasteiger partial charge in [-0.25, -0.2) is 0 Å². The van der Waals surface area contributed by atoms with E-state index in [9.17, 15) is 0 Å². The molecule has 0 aliphatic rings. The van der Waals surface area contributed by atoms with E-state index >= 15 is 0 Å². The molecule has 0 N–H and O–H groups in total. The summed E-state index contributed by atoms with van der Waals surface area (Å²) in [5, 5.41) is 12.5. The van der Waals surface area contributed by atoms with Gasteiger partial charge >= 0.3 is 0 Å². The molecule has 13 rings (SSSR count). The van der Waals surface area contributed by atoms with Gasteiger partial charge in [0.1, 0.15) is 11.2 Å². The largest absolute Gasteiger partial charge is 0.456 e. The maximum atomic E-state index is 6.46. The van der Waals surface area contributed by atoms with Gasteiger partial charge in [0.05, 0.1) is 38.8 Å². The zero-order valence-corrected chi connectivity index (χ0v) is 27.8. The van der Waals surface area contributed by atoms with E-state index in [-0.39, 0.29) is 0 Å². The highest BCUT2D eigenvalue weighted by Gasteiger charge is 2.29. The number of furan rings is 1. The van der Waals surface area contributed by atoms with Crippen molar-refractivity contribution in [3.63, 3.8) is 0 Å². The highest BCUT2D eigenvalue weighted by atomic mass is 16.3. The highest BCUT2D eigenvalue weighted by Crippen LogP contribution is 2.52. The molecule has 4 heteroatoms. The lowest BCUT2D eigenvalue weighted by atomic mass is 9.98. The van der Waals surface area contributed by atoms with Gasteiger partial charge in [-0.05, 0) is 66.7 Å². The van der Waals surface area contributed by atoms with Gasteiger partial charge in [0.15, 0.2) is 0 Å². The van der Waals surface area contributed by atoms with Crippen molar-refractivity contribution in [2.75, 3.05) is 4.90 Å². The fourth-order valence-corrected chi connectivity index (χ4v) is 9.61. The molecule has 0 amide bonds. The maximum Gasteiger partial charge on any atom is 0.136 e. The van der Waals surface area contributed by atoms with Crippen LogP contribution in [0.2, 0.25) is 0 Å². The summed E-state index contributed by atoms with van der Waals surface area (Å²) in [5.74, 6) is 0. The van der Waals surface area contributed by atoms with Gasteiger partial charge in [-0.15, -0.1) is 0 Å². The Morgan fingerprint density at radius 2 is 0.923 bits per heavy atom. The Morgan fingerprint density at radius 1 is 0.346 bits per heavy atom. The van der Waals surface area contributed by atoms with Crippen molar-refractivity contribution in [1.82, 2.24) is 8.80 Å². The zero-order valence-electron chi connectivity index (χ0n) is 27.8. The molecule has 0 aliphatic heterocycles. The molecule has 13 aromatic rings. The molecule has 0 unspecified atom stereocenters. The third-order valence-corrected chi connectivity index (χ3v) is 11.5. The van der Waals surface area contributed by atoms with Crippen LogP contribution in [0, 0.1) is 0 Å². The van der Waals surface area contributed by atoms with E-state index in [1.54, 1.807) is 0 Å². The predicted molar refractivity (Wildman–Crippen MR) is 218 cm³/mol. The third-order valence-electron chi connectivity index (χ3n) is 11.5. The quantitative estimate of drug-likeness (QED) is 0.188. The lowest BCUT2D eigenvalue weighted by Gasteiger charge is -2.26. The van der Waals surface area contributed by atoms with Crippen LogP contribution in [0.25, 0.3) is 98.1 Å². The van der Waals surface area contributed by atoms with Crippen LogP contribution in [0.4, 0.5) is 17.1 Å². The Hall–Kier alpha value is -7.04. The molecule has 0 bridgehead atoms. The van der Waals surface area contributed by atoms with Crippen LogP contribution < -0.4 is 4.90 Å². The Kier molecular flexibility index (Phi) is 4.83. The summed E-state index contributed by atoms with van der Waals surface area (Å²) in [5.41, 5.74) is 12.7. The molecule has 0 spiro atoms. The normalized spacial score (nSPS) is 12.6. The lowest BCUT2D eigenvalue weighted by molar-refractivity contribution is 0.669. The average Bonchev–Trinajstić information content (AvgIpc) is 3.99. The van der Waals surface area contributed by atoms with Crippen molar-refractivity contribution in [3.05, 3.63) is 164 Å². The van der Waals surface area contributed by atoms with Gasteiger partial charge in [-0.3, -0.25) is 0 Å². The fourth-order valence-electron chi connectivity index (χ4n) is 9.61. The van der Waals surface area contributed by atoms with Gasteiger partial charge in [0, 0.05) is 65.2 Å². The number of anilines is 3. The number of para-hydroxylation sites is 5. The van der Waals surface area contributed by atoms with Crippen LogP contribution in [0.3, 0.4) is 0 Å². The highest BCUT2D eigenvalue weighted by molar-refractivity contribution is 6.41. The average molecular weight is 662 g/mol. The molecule has 0 saturated carbocycles. The minimum absolute atomic E-state index is 0.921. The lowest BCUT2D eigenvalue weighted by Crippen LogP contribution is -2.10. The molecule has 8 aromatic carbocycles. The summed E-state index contributed by atoms with van der Waals surface area (Å²) in [6, 6.07) is 59.4. The van der Waals surface area contributed by atoms with Gasteiger partial charge in [0.25, 0.3) is 0 Å². The van der Waals surface area contributed by atoms with E-state index in [1.165, 1.54) is 87.3 Å². The van der Waals surface area contributed by atoms with E-state index in [0.717, 1.165) is 27.9 Å². The molecular formula is C48H27N3O. The number of hydrogen-bond acceptors (Lipinski definition) is 2. The Balaban J connectivity index is 1.28. The van der Waals surface area contributed by atoms with Crippen molar-refractivity contribution in [2.24, 2.45) is 0 Å². The number of fused-ring (bicyclic) bond motifs is 17. The number of hydrogen-bond donors (Lipinski definition) is 0. The van der Waals surface area contributed by atoms with Crippen molar-refractivity contribution in [2.45, 2.75) is 0 Å². The van der Waals surface area contributed by atoms with Crippen LogP contribution >= 0.6 is 0 Å². The molecule has 0 saturated heterocycles. The maximum absolute atomic E-state index is 6.46. The van der Waals surface area contributed by atoms with Crippen LogP contribution in [0.15, 0.2) is 168 Å². The summed E-state index contributed by atoms with van der Waals surface area (Å²) in [6.45, 7) is 0. The third kappa shape index (κ3) is 3.11. The van der Waals surface area contributed by atoms with E-state index in [4.69, 9.17) is 4.42 Å². The minimum atomic E-state index is 0.921. The molecule has 0 aliphatic carbocycles. The smallest absolute Gasteiger partial charge is 0.136 e. The molecule has 0 fully saturated rings. The number of benzene rings is 8. The molecule has 240 valence electrons. The molecule has 52 heavy (non-hydrogen) atoms. The van der Waals surface area contributed by atoms with Crippen molar-refractivity contribution in [3.8, 4) is 0 Å². The fraction of sp³-hybridized carbons (Fsp3) is 0. The van der Waals surface area contributed by atoms with Gasteiger partial charge < -0.3 is 18.1 Å². The summed E-state index contributed by atoms with van der Waals surface area (Å²) < 4.78 is 11.5. The summed E-state index contributed by atoms with van der Waals surface area (Å²) in [6.07, 6.45) is 0. The second kappa shape index (κ2) is 9.39. The van der Waals surface area contributed by atoms with Crippen molar-refractivity contribution < 1.29 is 4.42 Å². The van der Waals surface area contributed by atoms with Crippen LogP contribution in [-0.4, -0.2) is 8.80 Å². The number of aromatic nitrogens is 2. The van der Waals surface area contributed by atoms with Crippen molar-refractivity contribution >= 4 is 115 Å². The summed E-state index contributed by atoms with van der Waals surface area (Å²) in [4.78, 5) is 2.41. The topological polar surface area (TPSA) is 25.2 Å². The van der Waals surface area contributed by atoms with E-state index < -0.39 is 0 Å². The van der Waals surface area contributed by atoms with Crippen LogP contribution in [-0.2, 0) is 0 Å². The predicted octanol–water partition coefficient (Wildman–Crippen LogP) is 13.4. The summed E-state index contributed by atoms with van der Waals surface area (Å²) >= 11 is 0. The van der Waals surface area contributed by atoms with E-state index in [2.05, 4.69) is 177 Å².